The van der Waals surface area contributed by atoms with Crippen LogP contribution in [0, 0.1) is 0 Å². The minimum atomic E-state index is -0.316. The molecule has 2 rings (SSSR count). The maximum atomic E-state index is 11.8. The van der Waals surface area contributed by atoms with Crippen molar-refractivity contribution in [1.82, 2.24) is 0 Å². The Morgan fingerprint density at radius 1 is 1.00 bits per heavy atom. The topological polar surface area (TPSA) is 41.1 Å². The van der Waals surface area contributed by atoms with Gasteiger partial charge in [-0.15, -0.1) is 0 Å². The molecule has 0 aliphatic carbocycles. The average Bonchev–Trinajstić information content (AvgIpc) is 2.36. The highest BCUT2D eigenvalue weighted by Crippen LogP contribution is 2.30. The fourth-order valence-corrected chi connectivity index (χ4v) is 1.94. The Balaban J connectivity index is 2.06. The summed E-state index contributed by atoms with van der Waals surface area (Å²) in [5.74, 6) is 0. The first-order valence-corrected chi connectivity index (χ1v) is 6.41. The Morgan fingerprint density at radius 2 is 1.72 bits per heavy atom. The lowest BCUT2D eigenvalue weighted by molar-refractivity contribution is 0.262. The van der Waals surface area contributed by atoms with Crippen molar-refractivity contribution in [1.29, 1.82) is 0 Å². The molecule has 0 aliphatic rings. The zero-order chi connectivity index (χ0) is 13.0. The maximum absolute atomic E-state index is 11.8. The number of hydrogen-bond donors (Lipinski definition) is 2. The van der Waals surface area contributed by atoms with Gasteiger partial charge in [-0.25, -0.2) is 4.79 Å². The molecule has 2 aromatic rings. The summed E-state index contributed by atoms with van der Waals surface area (Å²) in [4.78, 5) is 11.8. The third kappa shape index (κ3) is 3.24. The van der Waals surface area contributed by atoms with Crippen molar-refractivity contribution in [2.75, 3.05) is 10.6 Å². The van der Waals surface area contributed by atoms with Crippen molar-refractivity contribution in [2.45, 2.75) is 0 Å². The molecule has 0 heterocycles. The van der Waals surface area contributed by atoms with Crippen molar-refractivity contribution in [3.05, 3.63) is 58.0 Å². The van der Waals surface area contributed by atoms with Gasteiger partial charge in [0.1, 0.15) is 0 Å². The lowest BCUT2D eigenvalue weighted by atomic mass is 10.3. The molecule has 3 nitrogen and oxygen atoms in total. The number of halogens is 2. The summed E-state index contributed by atoms with van der Waals surface area (Å²) in [5.41, 5.74) is 1.35. The van der Waals surface area contributed by atoms with Crippen LogP contribution in [0.1, 0.15) is 0 Å². The molecule has 0 bridgehead atoms. The number of rotatable bonds is 2. The fourth-order valence-electron chi connectivity index (χ4n) is 1.41. The first-order chi connectivity index (χ1) is 8.66. The molecule has 0 atom stereocenters. The number of anilines is 2. The van der Waals surface area contributed by atoms with Crippen LogP contribution in [0.25, 0.3) is 0 Å². The summed E-state index contributed by atoms with van der Waals surface area (Å²) in [6, 6.07) is 14.2. The third-order valence-corrected chi connectivity index (χ3v) is 3.63. The standard InChI is InChI=1S/C13H10BrClN2O/c14-12-10(15)7-4-8-11(12)17-13(18)16-9-5-2-1-3-6-9/h1-8H,(H2,16,17,18). The molecule has 92 valence electrons. The predicted molar refractivity (Wildman–Crippen MR) is 78.2 cm³/mol. The highest BCUT2D eigenvalue weighted by molar-refractivity contribution is 9.10. The van der Waals surface area contributed by atoms with E-state index in [0.717, 1.165) is 5.69 Å². The van der Waals surface area contributed by atoms with Gasteiger partial charge >= 0.3 is 6.03 Å². The zero-order valence-electron chi connectivity index (χ0n) is 9.28. The van der Waals surface area contributed by atoms with E-state index in [1.807, 2.05) is 30.3 Å². The zero-order valence-corrected chi connectivity index (χ0v) is 11.6. The number of nitrogens with one attached hydrogen (secondary N) is 2. The predicted octanol–water partition coefficient (Wildman–Crippen LogP) is 4.75. The van der Waals surface area contributed by atoms with Crippen LogP contribution in [0.15, 0.2) is 53.0 Å². The van der Waals surface area contributed by atoms with Gasteiger partial charge in [0, 0.05) is 5.69 Å². The highest BCUT2D eigenvalue weighted by atomic mass is 79.9. The number of carbonyl (C=O) groups is 1. The lowest BCUT2D eigenvalue weighted by Gasteiger charge is -2.09. The Labute approximate surface area is 118 Å². The Morgan fingerprint density at radius 3 is 2.44 bits per heavy atom. The molecule has 0 aromatic heterocycles. The minimum Gasteiger partial charge on any atom is -0.308 e. The summed E-state index contributed by atoms with van der Waals surface area (Å²) >= 11 is 9.26. The van der Waals surface area contributed by atoms with E-state index in [2.05, 4.69) is 26.6 Å². The Bertz CT molecular complexity index is 560. The monoisotopic (exact) mass is 324 g/mol. The smallest absolute Gasteiger partial charge is 0.308 e. The van der Waals surface area contributed by atoms with Gasteiger partial charge in [-0.05, 0) is 40.2 Å². The van der Waals surface area contributed by atoms with Crippen LogP contribution in [-0.4, -0.2) is 6.03 Å². The van der Waals surface area contributed by atoms with Crippen LogP contribution in [0.2, 0.25) is 5.02 Å². The second-order valence-corrected chi connectivity index (χ2v) is 4.75. The third-order valence-electron chi connectivity index (χ3n) is 2.23. The second-order valence-electron chi connectivity index (χ2n) is 3.55. The van der Waals surface area contributed by atoms with Crippen molar-refractivity contribution in [3.63, 3.8) is 0 Å². The van der Waals surface area contributed by atoms with Crippen LogP contribution in [0.5, 0.6) is 0 Å². The van der Waals surface area contributed by atoms with Gasteiger partial charge in [-0.3, -0.25) is 0 Å². The molecule has 0 aliphatic heterocycles. The molecule has 0 unspecified atom stereocenters. The van der Waals surface area contributed by atoms with Crippen molar-refractivity contribution in [2.24, 2.45) is 0 Å². The summed E-state index contributed by atoms with van der Waals surface area (Å²) in [6.07, 6.45) is 0. The largest absolute Gasteiger partial charge is 0.323 e. The Kier molecular flexibility index (Phi) is 4.23. The van der Waals surface area contributed by atoms with Crippen molar-refractivity contribution >= 4 is 44.9 Å². The first kappa shape index (κ1) is 12.9. The molecule has 5 heteroatoms. The second kappa shape index (κ2) is 5.89. The van der Waals surface area contributed by atoms with Gasteiger partial charge in [0.25, 0.3) is 0 Å². The van der Waals surface area contributed by atoms with Crippen LogP contribution in [-0.2, 0) is 0 Å². The summed E-state index contributed by atoms with van der Waals surface area (Å²) < 4.78 is 0.662. The molecule has 2 N–H and O–H groups in total. The average molecular weight is 326 g/mol. The molecule has 0 spiro atoms. The Hall–Kier alpha value is -1.52. The molecule has 0 saturated heterocycles. The molecule has 0 fully saturated rings. The minimum absolute atomic E-state index is 0.316. The van der Waals surface area contributed by atoms with Crippen LogP contribution in [0.3, 0.4) is 0 Å². The van der Waals surface area contributed by atoms with Gasteiger partial charge < -0.3 is 10.6 Å². The lowest BCUT2D eigenvalue weighted by Crippen LogP contribution is -2.19. The molecule has 0 radical (unpaired) electrons. The maximum Gasteiger partial charge on any atom is 0.323 e. The van der Waals surface area contributed by atoms with Gasteiger partial charge in [-0.2, -0.15) is 0 Å². The van der Waals surface area contributed by atoms with Gasteiger partial charge in [0.2, 0.25) is 0 Å². The van der Waals surface area contributed by atoms with Crippen molar-refractivity contribution < 1.29 is 4.79 Å². The van der Waals surface area contributed by atoms with Gasteiger partial charge in [0.05, 0.1) is 15.2 Å². The molecular weight excluding hydrogens is 316 g/mol. The number of amides is 2. The van der Waals surface area contributed by atoms with Gasteiger partial charge in [-0.1, -0.05) is 35.9 Å². The molecular formula is C13H10BrClN2O. The normalized spacial score (nSPS) is 9.89. The number of urea groups is 1. The quantitative estimate of drug-likeness (QED) is 0.822. The molecule has 0 saturated carbocycles. The molecule has 2 aromatic carbocycles. The van der Waals surface area contributed by atoms with E-state index in [0.29, 0.717) is 15.2 Å². The number of hydrogen-bond acceptors (Lipinski definition) is 1. The van der Waals surface area contributed by atoms with E-state index in [1.165, 1.54) is 0 Å². The van der Waals surface area contributed by atoms with E-state index < -0.39 is 0 Å². The van der Waals surface area contributed by atoms with Crippen LogP contribution >= 0.6 is 27.5 Å². The van der Waals surface area contributed by atoms with Crippen LogP contribution in [0.4, 0.5) is 16.2 Å². The van der Waals surface area contributed by atoms with Crippen LogP contribution < -0.4 is 10.6 Å². The molecule has 18 heavy (non-hydrogen) atoms. The SMILES string of the molecule is O=C(Nc1ccccc1)Nc1cccc(Cl)c1Br. The van der Waals surface area contributed by atoms with E-state index in [4.69, 9.17) is 11.6 Å². The number of carbonyl (C=O) groups excluding carboxylic acids is 1. The number of benzene rings is 2. The first-order valence-electron chi connectivity index (χ1n) is 5.24. The fraction of sp³-hybridized carbons (Fsp3) is 0. The van der Waals surface area contributed by atoms with E-state index in [9.17, 15) is 4.79 Å². The van der Waals surface area contributed by atoms with E-state index >= 15 is 0 Å². The summed E-state index contributed by atoms with van der Waals surface area (Å²) in [6.45, 7) is 0. The van der Waals surface area contributed by atoms with E-state index in [1.54, 1.807) is 18.2 Å². The molecule has 2 amide bonds. The van der Waals surface area contributed by atoms with Gasteiger partial charge in [0.15, 0.2) is 0 Å². The summed E-state index contributed by atoms with van der Waals surface area (Å²) in [7, 11) is 0. The highest BCUT2D eigenvalue weighted by Gasteiger charge is 2.07. The summed E-state index contributed by atoms with van der Waals surface area (Å²) in [5, 5.41) is 5.99. The number of para-hydroxylation sites is 1. The van der Waals surface area contributed by atoms with Crippen molar-refractivity contribution in [3.8, 4) is 0 Å². The van der Waals surface area contributed by atoms with E-state index in [-0.39, 0.29) is 6.03 Å².